The predicted molar refractivity (Wildman–Crippen MR) is 69.5 cm³/mol. The smallest absolute Gasteiger partial charge is 0.205 e. The number of hydrogen-bond acceptors (Lipinski definition) is 5. The first-order valence-electron chi connectivity index (χ1n) is 5.48. The highest BCUT2D eigenvalue weighted by molar-refractivity contribution is 7.15. The molecule has 0 amide bonds. The molecule has 2 rings (SSSR count). The number of phenolic OH excluding ortho intramolecular Hbond substituents is 1. The second-order valence-electron chi connectivity index (χ2n) is 4.04. The van der Waals surface area contributed by atoms with Crippen LogP contribution in [0.1, 0.15) is 17.5 Å². The molecule has 0 bridgehead atoms. The molecule has 1 atom stereocenters. The van der Waals surface area contributed by atoms with Gasteiger partial charge >= 0.3 is 0 Å². The quantitative estimate of drug-likeness (QED) is 0.874. The highest BCUT2D eigenvalue weighted by Crippen LogP contribution is 2.17. The van der Waals surface area contributed by atoms with Crippen LogP contribution in [0.3, 0.4) is 0 Å². The van der Waals surface area contributed by atoms with Gasteiger partial charge < -0.3 is 10.4 Å². The summed E-state index contributed by atoms with van der Waals surface area (Å²) in [7, 11) is 0. The summed E-state index contributed by atoms with van der Waals surface area (Å²) in [4.78, 5) is 0. The standard InChI is InChI=1S/C12H15N3OS/c1-8(13-12-15-14-9(2)17-12)7-10-3-5-11(16)6-4-10/h3-6,8,16H,7H2,1-2H3,(H,13,15). The van der Waals surface area contributed by atoms with E-state index in [0.717, 1.165) is 16.6 Å². The van der Waals surface area contributed by atoms with Crippen molar-refractivity contribution in [3.8, 4) is 5.75 Å². The summed E-state index contributed by atoms with van der Waals surface area (Å²) in [5.41, 5.74) is 1.18. The van der Waals surface area contributed by atoms with Crippen molar-refractivity contribution in [3.05, 3.63) is 34.8 Å². The van der Waals surface area contributed by atoms with Crippen molar-refractivity contribution in [2.24, 2.45) is 0 Å². The monoisotopic (exact) mass is 249 g/mol. The van der Waals surface area contributed by atoms with Crippen LogP contribution in [0.5, 0.6) is 5.75 Å². The lowest BCUT2D eigenvalue weighted by Gasteiger charge is -2.12. The average Bonchev–Trinajstić information content (AvgIpc) is 2.67. The van der Waals surface area contributed by atoms with Gasteiger partial charge in [0, 0.05) is 6.04 Å². The van der Waals surface area contributed by atoms with Gasteiger partial charge in [-0.3, -0.25) is 0 Å². The third-order valence-electron chi connectivity index (χ3n) is 2.37. The van der Waals surface area contributed by atoms with E-state index in [9.17, 15) is 5.11 Å². The predicted octanol–water partition coefficient (Wildman–Crippen LogP) is 2.60. The van der Waals surface area contributed by atoms with Crippen LogP contribution in [-0.4, -0.2) is 21.3 Å². The number of phenols is 1. The fourth-order valence-corrected chi connectivity index (χ4v) is 2.31. The van der Waals surface area contributed by atoms with Gasteiger partial charge in [-0.2, -0.15) is 0 Å². The Labute approximate surface area is 104 Å². The number of aryl methyl sites for hydroxylation is 1. The summed E-state index contributed by atoms with van der Waals surface area (Å²) in [5.74, 6) is 0.300. The van der Waals surface area contributed by atoms with Crippen LogP contribution in [0.2, 0.25) is 0 Å². The Morgan fingerprint density at radius 1 is 1.29 bits per heavy atom. The van der Waals surface area contributed by atoms with Crippen LogP contribution in [0.15, 0.2) is 24.3 Å². The largest absolute Gasteiger partial charge is 0.508 e. The minimum absolute atomic E-state index is 0.284. The number of nitrogens with one attached hydrogen (secondary N) is 1. The van der Waals surface area contributed by atoms with E-state index >= 15 is 0 Å². The first-order valence-corrected chi connectivity index (χ1v) is 6.29. The molecule has 0 saturated carbocycles. The van der Waals surface area contributed by atoms with Gasteiger partial charge in [-0.15, -0.1) is 10.2 Å². The lowest BCUT2D eigenvalue weighted by molar-refractivity contribution is 0.475. The highest BCUT2D eigenvalue weighted by atomic mass is 32.1. The van der Waals surface area contributed by atoms with Gasteiger partial charge in [0.15, 0.2) is 0 Å². The van der Waals surface area contributed by atoms with Crippen LogP contribution in [0, 0.1) is 6.92 Å². The summed E-state index contributed by atoms with van der Waals surface area (Å²) in [5, 5.41) is 22.3. The summed E-state index contributed by atoms with van der Waals surface area (Å²) < 4.78 is 0. The molecule has 0 spiro atoms. The van der Waals surface area contributed by atoms with E-state index in [0.29, 0.717) is 5.75 Å². The molecule has 1 heterocycles. The minimum Gasteiger partial charge on any atom is -0.508 e. The molecule has 0 radical (unpaired) electrons. The Hall–Kier alpha value is -1.62. The fraction of sp³-hybridized carbons (Fsp3) is 0.333. The first kappa shape index (κ1) is 11.9. The Morgan fingerprint density at radius 3 is 2.59 bits per heavy atom. The number of nitrogens with zero attached hydrogens (tertiary/aromatic N) is 2. The summed E-state index contributed by atoms with van der Waals surface area (Å²) in [6, 6.07) is 7.55. The molecule has 17 heavy (non-hydrogen) atoms. The van der Waals surface area contributed by atoms with Crippen molar-refractivity contribution in [2.75, 3.05) is 5.32 Å². The molecule has 1 unspecified atom stereocenters. The van der Waals surface area contributed by atoms with E-state index in [-0.39, 0.29) is 6.04 Å². The van der Waals surface area contributed by atoms with Gasteiger partial charge in [-0.1, -0.05) is 23.5 Å². The summed E-state index contributed by atoms with van der Waals surface area (Å²) in [6.45, 7) is 4.04. The van der Waals surface area contributed by atoms with Gasteiger partial charge in [0.2, 0.25) is 5.13 Å². The van der Waals surface area contributed by atoms with E-state index in [2.05, 4.69) is 22.4 Å². The normalized spacial score (nSPS) is 12.4. The number of aromatic hydroxyl groups is 1. The molecule has 0 fully saturated rings. The Bertz CT molecular complexity index is 481. The van der Waals surface area contributed by atoms with E-state index in [4.69, 9.17) is 0 Å². The molecule has 1 aromatic carbocycles. The molecular formula is C12H15N3OS. The molecule has 0 aliphatic heterocycles. The Morgan fingerprint density at radius 2 is 2.00 bits per heavy atom. The third-order valence-corrected chi connectivity index (χ3v) is 3.14. The van der Waals surface area contributed by atoms with Gasteiger partial charge in [0.25, 0.3) is 0 Å². The second kappa shape index (κ2) is 5.14. The van der Waals surface area contributed by atoms with Crippen molar-refractivity contribution >= 4 is 16.5 Å². The molecule has 2 N–H and O–H groups in total. The minimum atomic E-state index is 0.284. The molecule has 5 heteroatoms. The first-order chi connectivity index (χ1) is 8.13. The number of hydrogen-bond donors (Lipinski definition) is 2. The van der Waals surface area contributed by atoms with Crippen LogP contribution < -0.4 is 5.32 Å². The van der Waals surface area contributed by atoms with Gasteiger partial charge in [-0.05, 0) is 38.0 Å². The highest BCUT2D eigenvalue weighted by Gasteiger charge is 2.06. The zero-order valence-corrected chi connectivity index (χ0v) is 10.7. The number of anilines is 1. The van der Waals surface area contributed by atoms with Crippen LogP contribution in [0.4, 0.5) is 5.13 Å². The third kappa shape index (κ3) is 3.42. The van der Waals surface area contributed by atoms with E-state index in [1.54, 1.807) is 23.5 Å². The zero-order chi connectivity index (χ0) is 12.3. The van der Waals surface area contributed by atoms with Crippen LogP contribution in [0.25, 0.3) is 0 Å². The zero-order valence-electron chi connectivity index (χ0n) is 9.84. The molecule has 0 aliphatic rings. The van der Waals surface area contributed by atoms with E-state index in [1.807, 2.05) is 19.1 Å². The number of rotatable bonds is 4. The lowest BCUT2D eigenvalue weighted by Crippen LogP contribution is -2.17. The second-order valence-corrected chi connectivity index (χ2v) is 5.22. The molecule has 90 valence electrons. The molecule has 1 aromatic heterocycles. The van der Waals surface area contributed by atoms with Gasteiger partial charge in [0.1, 0.15) is 10.8 Å². The molecular weight excluding hydrogens is 234 g/mol. The molecule has 2 aromatic rings. The van der Waals surface area contributed by atoms with Crippen molar-refractivity contribution in [2.45, 2.75) is 26.3 Å². The maximum absolute atomic E-state index is 9.20. The summed E-state index contributed by atoms with van der Waals surface area (Å²) in [6.07, 6.45) is 0.888. The van der Waals surface area contributed by atoms with E-state index in [1.165, 1.54) is 5.56 Å². The summed E-state index contributed by atoms with van der Waals surface area (Å²) >= 11 is 1.56. The van der Waals surface area contributed by atoms with Crippen molar-refractivity contribution in [1.29, 1.82) is 0 Å². The Kier molecular flexibility index (Phi) is 3.58. The molecule has 4 nitrogen and oxygen atoms in total. The van der Waals surface area contributed by atoms with Crippen molar-refractivity contribution in [3.63, 3.8) is 0 Å². The number of benzene rings is 1. The Balaban J connectivity index is 1.93. The maximum atomic E-state index is 9.20. The van der Waals surface area contributed by atoms with E-state index < -0.39 is 0 Å². The lowest BCUT2D eigenvalue weighted by atomic mass is 10.1. The molecule has 0 saturated heterocycles. The molecule has 0 aliphatic carbocycles. The van der Waals surface area contributed by atoms with Gasteiger partial charge in [0.05, 0.1) is 0 Å². The van der Waals surface area contributed by atoms with Crippen LogP contribution >= 0.6 is 11.3 Å². The fourth-order valence-electron chi connectivity index (χ4n) is 1.60. The SMILES string of the molecule is Cc1nnc(NC(C)Cc2ccc(O)cc2)s1. The van der Waals surface area contributed by atoms with Crippen LogP contribution in [-0.2, 0) is 6.42 Å². The van der Waals surface area contributed by atoms with Crippen molar-refractivity contribution < 1.29 is 5.11 Å². The maximum Gasteiger partial charge on any atom is 0.205 e. The topological polar surface area (TPSA) is 58.0 Å². The van der Waals surface area contributed by atoms with Gasteiger partial charge in [-0.25, -0.2) is 0 Å². The number of aromatic nitrogens is 2. The average molecular weight is 249 g/mol. The van der Waals surface area contributed by atoms with Crippen molar-refractivity contribution in [1.82, 2.24) is 10.2 Å².